The molecule has 2 amide bonds. The quantitative estimate of drug-likeness (QED) is 0.804. The van der Waals surface area contributed by atoms with Gasteiger partial charge in [0.05, 0.1) is 12.5 Å². The minimum absolute atomic E-state index is 0.0358. The van der Waals surface area contributed by atoms with Crippen molar-refractivity contribution in [1.82, 2.24) is 10.2 Å². The van der Waals surface area contributed by atoms with Crippen LogP contribution in [0.5, 0.6) is 0 Å². The summed E-state index contributed by atoms with van der Waals surface area (Å²) in [6, 6.07) is 0.317. The predicted molar refractivity (Wildman–Crippen MR) is 77.0 cm³/mol. The minimum Gasteiger partial charge on any atom is -0.302 e. The summed E-state index contributed by atoms with van der Waals surface area (Å²) in [5, 5.41) is 3.48. The summed E-state index contributed by atoms with van der Waals surface area (Å²) in [7, 11) is 0. The van der Waals surface area contributed by atoms with Crippen LogP contribution in [0.1, 0.15) is 58.8 Å². The SMILES string of the molecule is CC1CCC(NC2CC(=O)N(C3CCCC3)C2=O)C1C. The monoisotopic (exact) mass is 278 g/mol. The first-order valence-electron chi connectivity index (χ1n) is 8.20. The molecular formula is C16H26N2O2. The van der Waals surface area contributed by atoms with Crippen LogP contribution < -0.4 is 5.32 Å². The number of nitrogens with zero attached hydrogens (tertiary/aromatic N) is 1. The summed E-state index contributed by atoms with van der Waals surface area (Å²) in [5.41, 5.74) is 0. The molecule has 0 bridgehead atoms. The molecule has 0 aromatic carbocycles. The topological polar surface area (TPSA) is 49.4 Å². The lowest BCUT2D eigenvalue weighted by Crippen LogP contribution is -2.47. The molecule has 4 atom stereocenters. The highest BCUT2D eigenvalue weighted by atomic mass is 16.2. The van der Waals surface area contributed by atoms with Gasteiger partial charge in [-0.3, -0.25) is 14.5 Å². The van der Waals surface area contributed by atoms with Gasteiger partial charge in [-0.15, -0.1) is 0 Å². The molecule has 0 radical (unpaired) electrons. The minimum atomic E-state index is -0.263. The Kier molecular flexibility index (Phi) is 3.85. The van der Waals surface area contributed by atoms with E-state index >= 15 is 0 Å². The summed E-state index contributed by atoms with van der Waals surface area (Å²) in [5.74, 6) is 1.39. The number of imide groups is 1. The van der Waals surface area contributed by atoms with E-state index < -0.39 is 0 Å². The Balaban J connectivity index is 1.64. The molecule has 0 spiro atoms. The third kappa shape index (κ3) is 2.39. The molecule has 4 heteroatoms. The van der Waals surface area contributed by atoms with Crippen molar-refractivity contribution >= 4 is 11.8 Å². The van der Waals surface area contributed by atoms with E-state index in [-0.39, 0.29) is 23.9 Å². The first kappa shape index (κ1) is 14.1. The van der Waals surface area contributed by atoms with Crippen molar-refractivity contribution in [3.63, 3.8) is 0 Å². The van der Waals surface area contributed by atoms with Gasteiger partial charge < -0.3 is 5.32 Å². The summed E-state index contributed by atoms with van der Waals surface area (Å²) in [6.45, 7) is 4.53. The van der Waals surface area contributed by atoms with Crippen LogP contribution in [0.15, 0.2) is 0 Å². The van der Waals surface area contributed by atoms with E-state index in [1.54, 1.807) is 4.90 Å². The fourth-order valence-corrected chi connectivity index (χ4v) is 4.19. The lowest BCUT2D eigenvalue weighted by Gasteiger charge is -2.25. The van der Waals surface area contributed by atoms with Crippen molar-refractivity contribution in [2.45, 2.75) is 76.9 Å². The van der Waals surface area contributed by atoms with Crippen LogP contribution in [-0.2, 0) is 9.59 Å². The number of carbonyl (C=O) groups is 2. The molecule has 4 unspecified atom stereocenters. The van der Waals surface area contributed by atoms with Crippen LogP contribution in [0, 0.1) is 11.8 Å². The maximum Gasteiger partial charge on any atom is 0.247 e. The van der Waals surface area contributed by atoms with E-state index in [1.165, 1.54) is 6.42 Å². The van der Waals surface area contributed by atoms with Gasteiger partial charge in [-0.05, 0) is 37.5 Å². The average molecular weight is 278 g/mol. The van der Waals surface area contributed by atoms with Crippen LogP contribution in [0.3, 0.4) is 0 Å². The van der Waals surface area contributed by atoms with E-state index in [2.05, 4.69) is 19.2 Å². The second-order valence-corrected chi connectivity index (χ2v) is 6.98. The van der Waals surface area contributed by atoms with Gasteiger partial charge in [0.2, 0.25) is 11.8 Å². The summed E-state index contributed by atoms with van der Waals surface area (Å²) < 4.78 is 0. The average Bonchev–Trinajstić information content (AvgIpc) is 3.09. The molecule has 3 fully saturated rings. The third-order valence-corrected chi connectivity index (χ3v) is 5.75. The predicted octanol–water partition coefficient (Wildman–Crippen LogP) is 2.08. The molecule has 2 aliphatic carbocycles. The van der Waals surface area contributed by atoms with E-state index in [0.29, 0.717) is 24.3 Å². The van der Waals surface area contributed by atoms with Gasteiger partial charge in [0.15, 0.2) is 0 Å². The highest BCUT2D eigenvalue weighted by molar-refractivity contribution is 6.05. The molecule has 112 valence electrons. The maximum absolute atomic E-state index is 12.5. The van der Waals surface area contributed by atoms with Crippen molar-refractivity contribution in [1.29, 1.82) is 0 Å². The van der Waals surface area contributed by atoms with E-state index in [4.69, 9.17) is 0 Å². The highest BCUT2D eigenvalue weighted by Gasteiger charge is 2.44. The first-order valence-corrected chi connectivity index (χ1v) is 8.20. The van der Waals surface area contributed by atoms with Crippen LogP contribution in [0.4, 0.5) is 0 Å². The summed E-state index contributed by atoms with van der Waals surface area (Å²) in [6.07, 6.45) is 7.02. The van der Waals surface area contributed by atoms with Gasteiger partial charge in [-0.2, -0.15) is 0 Å². The van der Waals surface area contributed by atoms with E-state index in [9.17, 15) is 9.59 Å². The maximum atomic E-state index is 12.5. The Morgan fingerprint density at radius 1 is 1.05 bits per heavy atom. The molecule has 1 aliphatic heterocycles. The zero-order valence-corrected chi connectivity index (χ0v) is 12.6. The molecule has 4 nitrogen and oxygen atoms in total. The van der Waals surface area contributed by atoms with Gasteiger partial charge >= 0.3 is 0 Å². The molecule has 20 heavy (non-hydrogen) atoms. The molecule has 1 N–H and O–H groups in total. The molecule has 2 saturated carbocycles. The fourth-order valence-electron chi connectivity index (χ4n) is 4.19. The second kappa shape index (κ2) is 5.47. The van der Waals surface area contributed by atoms with Gasteiger partial charge in [0.1, 0.15) is 0 Å². The van der Waals surface area contributed by atoms with E-state index in [0.717, 1.165) is 32.1 Å². The molecule has 3 rings (SSSR count). The highest BCUT2D eigenvalue weighted by Crippen LogP contribution is 2.33. The molecule has 0 aromatic rings. The smallest absolute Gasteiger partial charge is 0.247 e. The largest absolute Gasteiger partial charge is 0.302 e. The normalized spacial score (nSPS) is 39.2. The Labute approximate surface area is 121 Å². The van der Waals surface area contributed by atoms with Crippen molar-refractivity contribution in [3.8, 4) is 0 Å². The molecule has 1 saturated heterocycles. The fraction of sp³-hybridized carbons (Fsp3) is 0.875. The number of rotatable bonds is 3. The molecular weight excluding hydrogens is 252 g/mol. The zero-order chi connectivity index (χ0) is 14.3. The van der Waals surface area contributed by atoms with Crippen LogP contribution in [0.2, 0.25) is 0 Å². The third-order valence-electron chi connectivity index (χ3n) is 5.75. The van der Waals surface area contributed by atoms with Crippen LogP contribution in [0.25, 0.3) is 0 Å². The van der Waals surface area contributed by atoms with Crippen LogP contribution >= 0.6 is 0 Å². The number of hydrogen-bond donors (Lipinski definition) is 1. The van der Waals surface area contributed by atoms with E-state index in [1.807, 2.05) is 0 Å². The number of carbonyl (C=O) groups excluding carboxylic acids is 2. The van der Waals surface area contributed by atoms with Gasteiger partial charge in [-0.25, -0.2) is 0 Å². The zero-order valence-electron chi connectivity index (χ0n) is 12.6. The summed E-state index contributed by atoms with van der Waals surface area (Å²) in [4.78, 5) is 26.3. The number of nitrogens with one attached hydrogen (secondary N) is 1. The van der Waals surface area contributed by atoms with Crippen molar-refractivity contribution in [3.05, 3.63) is 0 Å². The van der Waals surface area contributed by atoms with Crippen molar-refractivity contribution in [2.75, 3.05) is 0 Å². The Morgan fingerprint density at radius 3 is 2.35 bits per heavy atom. The molecule has 3 aliphatic rings. The lowest BCUT2D eigenvalue weighted by molar-refractivity contribution is -0.141. The second-order valence-electron chi connectivity index (χ2n) is 6.98. The van der Waals surface area contributed by atoms with Crippen molar-refractivity contribution < 1.29 is 9.59 Å². The van der Waals surface area contributed by atoms with Gasteiger partial charge in [0.25, 0.3) is 0 Å². The number of likely N-dealkylation sites (tertiary alicyclic amines) is 1. The number of hydrogen-bond acceptors (Lipinski definition) is 3. The molecule has 0 aromatic heterocycles. The first-order chi connectivity index (χ1) is 9.58. The van der Waals surface area contributed by atoms with Gasteiger partial charge in [-0.1, -0.05) is 26.7 Å². The standard InChI is InChI=1S/C16H26N2O2/c1-10-7-8-13(11(10)2)17-14-9-15(19)18(16(14)20)12-5-3-4-6-12/h10-14,17H,3-9H2,1-2H3. The summed E-state index contributed by atoms with van der Waals surface area (Å²) >= 11 is 0. The number of amides is 2. The molecule has 1 heterocycles. The lowest BCUT2D eigenvalue weighted by atomic mass is 9.97. The van der Waals surface area contributed by atoms with Crippen LogP contribution in [-0.4, -0.2) is 34.8 Å². The van der Waals surface area contributed by atoms with Gasteiger partial charge in [0, 0.05) is 12.1 Å². The Morgan fingerprint density at radius 2 is 1.75 bits per heavy atom. The Hall–Kier alpha value is -0.900. The Bertz CT molecular complexity index is 403. The van der Waals surface area contributed by atoms with Crippen molar-refractivity contribution in [2.24, 2.45) is 11.8 Å².